The zero-order chi connectivity index (χ0) is 15.4. The second kappa shape index (κ2) is 6.19. The molecule has 2 rings (SSSR count). The van der Waals surface area contributed by atoms with Gasteiger partial charge in [-0.25, -0.2) is 4.79 Å². The summed E-state index contributed by atoms with van der Waals surface area (Å²) in [4.78, 5) is 24.9. The van der Waals surface area contributed by atoms with Crippen LogP contribution in [-0.2, 0) is 6.61 Å². The lowest BCUT2D eigenvalue weighted by atomic mass is 10.2. The van der Waals surface area contributed by atoms with Crippen LogP contribution in [0.4, 0.5) is 5.69 Å². The van der Waals surface area contributed by atoms with Crippen LogP contribution in [-0.4, -0.2) is 21.0 Å². The van der Waals surface area contributed by atoms with Gasteiger partial charge in [-0.1, -0.05) is 11.6 Å². The molecular weight excluding hydrogens is 300 g/mol. The van der Waals surface area contributed by atoms with Crippen molar-refractivity contribution in [3.8, 4) is 5.75 Å². The predicted octanol–water partition coefficient (Wildman–Crippen LogP) is 2.92. The molecule has 2 aromatic rings. The Bertz CT molecular complexity index is 705. The lowest BCUT2D eigenvalue weighted by Crippen LogP contribution is -2.03. The van der Waals surface area contributed by atoms with E-state index in [0.717, 1.165) is 6.07 Å². The number of pyridine rings is 1. The number of carboxylic acid groups (broad SMARTS) is 1. The molecule has 0 aliphatic heterocycles. The number of rotatable bonds is 5. The maximum Gasteiger partial charge on any atom is 0.335 e. The maximum absolute atomic E-state index is 11.0. The van der Waals surface area contributed by atoms with Gasteiger partial charge in [-0.05, 0) is 18.2 Å². The average molecular weight is 309 g/mol. The first-order valence-electron chi connectivity index (χ1n) is 5.72. The van der Waals surface area contributed by atoms with Crippen molar-refractivity contribution < 1.29 is 19.6 Å². The van der Waals surface area contributed by atoms with Crippen LogP contribution in [0.5, 0.6) is 5.75 Å². The van der Waals surface area contributed by atoms with Gasteiger partial charge in [0.05, 0.1) is 15.5 Å². The molecule has 0 atom stereocenters. The summed E-state index contributed by atoms with van der Waals surface area (Å²) in [5, 5.41) is 20.2. The molecule has 0 aliphatic carbocycles. The molecule has 0 bridgehead atoms. The first kappa shape index (κ1) is 14.7. The summed E-state index contributed by atoms with van der Waals surface area (Å²) in [5.74, 6) is -1.28. The van der Waals surface area contributed by atoms with Crippen molar-refractivity contribution in [2.24, 2.45) is 0 Å². The monoisotopic (exact) mass is 308 g/mol. The standard InChI is InChI=1S/C13H9ClN2O5/c14-10-6-15-4-3-9(10)7-21-12-2-1-8(13(17)18)5-11(12)16(19)20/h1-6H,7H2,(H,17,18). The van der Waals surface area contributed by atoms with Crippen LogP contribution in [0, 0.1) is 10.1 Å². The van der Waals surface area contributed by atoms with Crippen molar-refractivity contribution in [1.29, 1.82) is 0 Å². The van der Waals surface area contributed by atoms with Gasteiger partial charge in [0.2, 0.25) is 0 Å². The summed E-state index contributed by atoms with van der Waals surface area (Å²) >= 11 is 5.91. The second-order valence-corrected chi connectivity index (χ2v) is 4.41. The van der Waals surface area contributed by atoms with E-state index >= 15 is 0 Å². The molecular formula is C13H9ClN2O5. The first-order chi connectivity index (χ1) is 9.99. The molecule has 7 nitrogen and oxygen atoms in total. The molecule has 0 unspecified atom stereocenters. The van der Waals surface area contributed by atoms with Crippen molar-refractivity contribution in [1.82, 2.24) is 4.98 Å². The Kier molecular flexibility index (Phi) is 4.34. The van der Waals surface area contributed by atoms with E-state index in [1.165, 1.54) is 24.5 Å². The number of carbonyl (C=O) groups is 1. The van der Waals surface area contributed by atoms with E-state index in [1.54, 1.807) is 6.07 Å². The van der Waals surface area contributed by atoms with Gasteiger partial charge in [0, 0.05) is 24.0 Å². The fraction of sp³-hybridized carbons (Fsp3) is 0.0769. The number of nitro benzene ring substituents is 1. The zero-order valence-electron chi connectivity index (χ0n) is 10.5. The summed E-state index contributed by atoms with van der Waals surface area (Å²) < 4.78 is 5.35. The molecule has 8 heteroatoms. The summed E-state index contributed by atoms with van der Waals surface area (Å²) in [7, 11) is 0. The number of halogens is 1. The Hall–Kier alpha value is -2.67. The highest BCUT2D eigenvalue weighted by Gasteiger charge is 2.18. The van der Waals surface area contributed by atoms with E-state index in [-0.39, 0.29) is 17.9 Å². The van der Waals surface area contributed by atoms with Crippen LogP contribution in [0.3, 0.4) is 0 Å². The molecule has 1 N–H and O–H groups in total. The highest BCUT2D eigenvalue weighted by Crippen LogP contribution is 2.29. The quantitative estimate of drug-likeness (QED) is 0.673. The molecule has 1 aromatic heterocycles. The number of hydrogen-bond acceptors (Lipinski definition) is 5. The van der Waals surface area contributed by atoms with Gasteiger partial charge in [0.25, 0.3) is 0 Å². The van der Waals surface area contributed by atoms with Crippen molar-refractivity contribution in [2.45, 2.75) is 6.61 Å². The highest BCUT2D eigenvalue weighted by atomic mass is 35.5. The van der Waals surface area contributed by atoms with Crippen molar-refractivity contribution >= 4 is 23.3 Å². The van der Waals surface area contributed by atoms with Gasteiger partial charge < -0.3 is 9.84 Å². The summed E-state index contributed by atoms with van der Waals surface area (Å²) in [6.45, 7) is 0.00854. The lowest BCUT2D eigenvalue weighted by Gasteiger charge is -2.08. The van der Waals surface area contributed by atoms with Crippen LogP contribution in [0.1, 0.15) is 15.9 Å². The Morgan fingerprint density at radius 2 is 2.19 bits per heavy atom. The Labute approximate surface area is 123 Å². The fourth-order valence-electron chi connectivity index (χ4n) is 1.59. The number of carboxylic acids is 1. The molecule has 0 saturated heterocycles. The molecule has 0 amide bonds. The van der Waals surface area contributed by atoms with E-state index in [0.29, 0.717) is 10.6 Å². The molecule has 0 saturated carbocycles. The van der Waals surface area contributed by atoms with Gasteiger partial charge in [-0.15, -0.1) is 0 Å². The first-order valence-corrected chi connectivity index (χ1v) is 6.09. The molecule has 0 spiro atoms. The number of nitrogens with zero attached hydrogens (tertiary/aromatic N) is 2. The molecule has 108 valence electrons. The van der Waals surface area contributed by atoms with E-state index in [4.69, 9.17) is 21.4 Å². The van der Waals surface area contributed by atoms with E-state index in [9.17, 15) is 14.9 Å². The number of aromatic nitrogens is 1. The topological polar surface area (TPSA) is 103 Å². The normalized spacial score (nSPS) is 10.1. The lowest BCUT2D eigenvalue weighted by molar-refractivity contribution is -0.386. The van der Waals surface area contributed by atoms with Crippen LogP contribution in [0.25, 0.3) is 0 Å². The SMILES string of the molecule is O=C(O)c1ccc(OCc2ccncc2Cl)c([N+](=O)[O-])c1. The largest absolute Gasteiger partial charge is 0.482 e. The summed E-state index contributed by atoms with van der Waals surface area (Å²) in [5.41, 5.74) is 0.0133. The van der Waals surface area contributed by atoms with Crippen LogP contribution < -0.4 is 4.74 Å². The van der Waals surface area contributed by atoms with E-state index in [2.05, 4.69) is 4.98 Å². The van der Waals surface area contributed by atoms with Gasteiger partial charge in [0.15, 0.2) is 5.75 Å². The maximum atomic E-state index is 11.0. The van der Waals surface area contributed by atoms with Crippen LogP contribution >= 0.6 is 11.6 Å². The summed E-state index contributed by atoms with van der Waals surface area (Å²) in [6, 6.07) is 5.06. The molecule has 1 aromatic carbocycles. The number of ether oxygens (including phenoxy) is 1. The van der Waals surface area contributed by atoms with Gasteiger partial charge in [-0.3, -0.25) is 15.1 Å². The third-order valence-electron chi connectivity index (χ3n) is 2.64. The van der Waals surface area contributed by atoms with Crippen molar-refractivity contribution in [3.05, 3.63) is 62.9 Å². The van der Waals surface area contributed by atoms with Gasteiger partial charge in [0.1, 0.15) is 6.61 Å². The smallest absolute Gasteiger partial charge is 0.335 e. The molecule has 21 heavy (non-hydrogen) atoms. The van der Waals surface area contributed by atoms with Gasteiger partial charge in [-0.2, -0.15) is 0 Å². The highest BCUT2D eigenvalue weighted by molar-refractivity contribution is 6.31. The predicted molar refractivity (Wildman–Crippen MR) is 73.6 cm³/mol. The minimum Gasteiger partial charge on any atom is -0.482 e. The third kappa shape index (κ3) is 3.46. The number of hydrogen-bond donors (Lipinski definition) is 1. The molecule has 1 heterocycles. The fourth-order valence-corrected chi connectivity index (χ4v) is 1.77. The molecule has 0 radical (unpaired) electrons. The van der Waals surface area contributed by atoms with Crippen molar-refractivity contribution in [3.63, 3.8) is 0 Å². The number of aromatic carboxylic acids is 1. The second-order valence-electron chi connectivity index (χ2n) is 4.00. The Morgan fingerprint density at radius 3 is 2.81 bits per heavy atom. The number of nitro groups is 1. The van der Waals surface area contributed by atoms with Crippen molar-refractivity contribution in [2.75, 3.05) is 0 Å². The van der Waals surface area contributed by atoms with Gasteiger partial charge >= 0.3 is 11.7 Å². The summed E-state index contributed by atoms with van der Waals surface area (Å²) in [6.07, 6.45) is 2.95. The van der Waals surface area contributed by atoms with E-state index < -0.39 is 16.6 Å². The zero-order valence-corrected chi connectivity index (χ0v) is 11.3. The number of benzene rings is 1. The van der Waals surface area contributed by atoms with Crippen LogP contribution in [0.15, 0.2) is 36.7 Å². The minimum absolute atomic E-state index is 0.00854. The molecule has 0 aliphatic rings. The van der Waals surface area contributed by atoms with Crippen LogP contribution in [0.2, 0.25) is 5.02 Å². The van der Waals surface area contributed by atoms with E-state index in [1.807, 2.05) is 0 Å². The Morgan fingerprint density at radius 1 is 1.43 bits per heavy atom. The average Bonchev–Trinajstić information content (AvgIpc) is 2.46. The molecule has 0 fully saturated rings. The third-order valence-corrected chi connectivity index (χ3v) is 2.98. The minimum atomic E-state index is -1.25. The Balaban J connectivity index is 2.26.